The predicted molar refractivity (Wildman–Crippen MR) is 116 cm³/mol. The fraction of sp³-hybridized carbons (Fsp3) is 0.280. The molecule has 1 heterocycles. The van der Waals surface area contributed by atoms with Gasteiger partial charge in [0.1, 0.15) is 26.4 Å². The maximum atomic E-state index is 14.3. The minimum Gasteiger partial charge on any atom is -0.487 e. The van der Waals surface area contributed by atoms with Gasteiger partial charge in [-0.1, -0.05) is 24.3 Å². The average Bonchev–Trinajstić information content (AvgIpc) is 2.90. The molecule has 1 aliphatic rings. The molecule has 0 aliphatic carbocycles. The normalized spacial score (nSPS) is 15.4. The Bertz CT molecular complexity index is 1110. The lowest BCUT2D eigenvalue weighted by molar-refractivity contribution is 0.0592. The Balaban J connectivity index is 1.63. The topological polar surface area (TPSA) is 55.4 Å². The second-order valence-electron chi connectivity index (χ2n) is 7.46. The van der Waals surface area contributed by atoms with Crippen LogP contribution in [0.15, 0.2) is 48.5 Å². The lowest BCUT2D eigenvalue weighted by Gasteiger charge is -2.23. The number of fused-ring (bicyclic) bond motifs is 2. The zero-order chi connectivity index (χ0) is 25.5. The zero-order valence-electron chi connectivity index (χ0n) is 18.8. The summed E-state index contributed by atoms with van der Waals surface area (Å²) < 4.78 is 103. The zero-order valence-corrected chi connectivity index (χ0v) is 18.8. The average molecular weight is 512 g/mol. The minimum absolute atomic E-state index is 0.199. The molecule has 0 amide bonds. The minimum atomic E-state index is -2.29. The van der Waals surface area contributed by atoms with Crippen LogP contribution in [0.5, 0.6) is 28.7 Å². The van der Waals surface area contributed by atoms with Crippen LogP contribution in [0.4, 0.5) is 22.0 Å². The van der Waals surface area contributed by atoms with Crippen LogP contribution in [-0.4, -0.2) is 45.7 Å². The van der Waals surface area contributed by atoms with Crippen molar-refractivity contribution in [1.82, 2.24) is 0 Å². The standard InChI is InChI=1S/C25H21F5O6/c26-20-21(27)23(29)25(24(30)22(20)28)36-15-13-34-18-7-3-1-5-16(18)32-11-9-31-10-12-33-17-6-2-4-8-19(17)35-14-15/h1-8,15H,9-14H2. The summed E-state index contributed by atoms with van der Waals surface area (Å²) >= 11 is 0. The van der Waals surface area contributed by atoms with Crippen molar-refractivity contribution >= 4 is 0 Å². The maximum Gasteiger partial charge on any atom is 0.207 e. The van der Waals surface area contributed by atoms with Crippen LogP contribution in [-0.2, 0) is 4.74 Å². The van der Waals surface area contributed by atoms with Crippen molar-refractivity contribution < 1.29 is 50.4 Å². The summed E-state index contributed by atoms with van der Waals surface area (Å²) in [4.78, 5) is 0. The molecule has 0 saturated carbocycles. The van der Waals surface area contributed by atoms with E-state index in [2.05, 4.69) is 0 Å². The van der Waals surface area contributed by atoms with E-state index in [1.165, 1.54) is 0 Å². The largest absolute Gasteiger partial charge is 0.487 e. The summed E-state index contributed by atoms with van der Waals surface area (Å²) in [5, 5.41) is 0. The van der Waals surface area contributed by atoms with Crippen molar-refractivity contribution in [1.29, 1.82) is 0 Å². The molecule has 36 heavy (non-hydrogen) atoms. The highest BCUT2D eigenvalue weighted by molar-refractivity contribution is 5.40. The summed E-state index contributed by atoms with van der Waals surface area (Å²) in [6.45, 7) is 0.150. The second-order valence-corrected chi connectivity index (χ2v) is 7.46. The fourth-order valence-electron chi connectivity index (χ4n) is 3.24. The van der Waals surface area contributed by atoms with Gasteiger partial charge in [-0.05, 0) is 24.3 Å². The van der Waals surface area contributed by atoms with Gasteiger partial charge in [0.05, 0.1) is 13.2 Å². The Kier molecular flexibility index (Phi) is 8.32. The first kappa shape index (κ1) is 25.4. The van der Waals surface area contributed by atoms with Crippen LogP contribution < -0.4 is 23.7 Å². The third-order valence-electron chi connectivity index (χ3n) is 4.97. The molecule has 6 nitrogen and oxygen atoms in total. The van der Waals surface area contributed by atoms with E-state index in [0.717, 1.165) is 0 Å². The van der Waals surface area contributed by atoms with Gasteiger partial charge in [0.2, 0.25) is 29.1 Å². The highest BCUT2D eigenvalue weighted by atomic mass is 19.2. The van der Waals surface area contributed by atoms with Gasteiger partial charge in [-0.25, -0.2) is 13.2 Å². The van der Waals surface area contributed by atoms with Gasteiger partial charge in [0, 0.05) is 0 Å². The van der Waals surface area contributed by atoms with Crippen LogP contribution >= 0.6 is 0 Å². The quantitative estimate of drug-likeness (QED) is 0.272. The van der Waals surface area contributed by atoms with Crippen LogP contribution in [0.1, 0.15) is 0 Å². The molecule has 0 unspecified atom stereocenters. The van der Waals surface area contributed by atoms with Gasteiger partial charge in [0.15, 0.2) is 34.9 Å². The first-order chi connectivity index (χ1) is 17.5. The Morgan fingerprint density at radius 3 is 1.36 bits per heavy atom. The smallest absolute Gasteiger partial charge is 0.207 e. The molecule has 0 fully saturated rings. The van der Waals surface area contributed by atoms with Crippen molar-refractivity contribution in [2.24, 2.45) is 0 Å². The molecule has 1 aliphatic heterocycles. The molecular weight excluding hydrogens is 491 g/mol. The molecule has 0 N–H and O–H groups in total. The highest BCUT2D eigenvalue weighted by Gasteiger charge is 2.29. The number of ether oxygens (including phenoxy) is 6. The molecule has 0 spiro atoms. The summed E-state index contributed by atoms with van der Waals surface area (Å²) in [5.41, 5.74) is 0. The van der Waals surface area contributed by atoms with Crippen molar-refractivity contribution in [3.05, 3.63) is 77.6 Å². The monoisotopic (exact) mass is 512 g/mol. The molecule has 0 bridgehead atoms. The third-order valence-corrected chi connectivity index (χ3v) is 4.97. The number of benzene rings is 3. The lowest BCUT2D eigenvalue weighted by atomic mass is 10.2. The highest BCUT2D eigenvalue weighted by Crippen LogP contribution is 2.32. The molecule has 0 atom stereocenters. The van der Waals surface area contributed by atoms with E-state index < -0.39 is 40.9 Å². The van der Waals surface area contributed by atoms with Gasteiger partial charge in [-0.2, -0.15) is 8.78 Å². The van der Waals surface area contributed by atoms with Gasteiger partial charge in [-0.15, -0.1) is 0 Å². The van der Waals surface area contributed by atoms with Crippen LogP contribution in [0.25, 0.3) is 0 Å². The molecule has 4 rings (SSSR count). The molecular formula is C25H21F5O6. The Labute approximate surface area is 203 Å². The van der Waals surface area contributed by atoms with E-state index in [0.29, 0.717) is 11.5 Å². The lowest BCUT2D eigenvalue weighted by Crippen LogP contribution is -2.32. The Morgan fingerprint density at radius 1 is 0.528 bits per heavy atom. The van der Waals surface area contributed by atoms with Crippen molar-refractivity contribution in [2.75, 3.05) is 39.6 Å². The molecule has 11 heteroatoms. The van der Waals surface area contributed by atoms with E-state index in [4.69, 9.17) is 28.4 Å². The third kappa shape index (κ3) is 5.91. The number of halogens is 5. The van der Waals surface area contributed by atoms with Gasteiger partial charge in [0.25, 0.3) is 0 Å². The first-order valence-electron chi connectivity index (χ1n) is 10.9. The van der Waals surface area contributed by atoms with Gasteiger partial charge < -0.3 is 28.4 Å². The van der Waals surface area contributed by atoms with Crippen molar-refractivity contribution in [2.45, 2.75) is 6.10 Å². The van der Waals surface area contributed by atoms with Gasteiger partial charge >= 0.3 is 0 Å². The van der Waals surface area contributed by atoms with Crippen molar-refractivity contribution in [3.63, 3.8) is 0 Å². The Hall–Kier alpha value is -3.73. The number of hydrogen-bond acceptors (Lipinski definition) is 6. The Morgan fingerprint density at radius 2 is 0.917 bits per heavy atom. The molecule has 0 radical (unpaired) electrons. The van der Waals surface area contributed by atoms with Crippen LogP contribution in [0.2, 0.25) is 0 Å². The molecule has 0 saturated heterocycles. The van der Waals surface area contributed by atoms with Crippen LogP contribution in [0.3, 0.4) is 0 Å². The summed E-state index contributed by atoms with van der Waals surface area (Å²) in [5.74, 6) is -11.0. The van der Waals surface area contributed by atoms with E-state index >= 15 is 0 Å². The number of hydrogen-bond donors (Lipinski definition) is 0. The SMILES string of the molecule is Fc1c(F)c(F)c(OC2COc3ccccc3OCCOCCOc3ccccc3OC2)c(F)c1F. The number of rotatable bonds is 2. The predicted octanol–water partition coefficient (Wildman–Crippen LogP) is 5.08. The number of para-hydroxylation sites is 4. The first-order valence-corrected chi connectivity index (χ1v) is 10.9. The summed E-state index contributed by atoms with van der Waals surface area (Å²) in [6, 6.07) is 13.2. The van der Waals surface area contributed by atoms with Gasteiger partial charge in [-0.3, -0.25) is 0 Å². The van der Waals surface area contributed by atoms with Crippen LogP contribution in [0, 0.1) is 29.1 Å². The van der Waals surface area contributed by atoms with E-state index in [9.17, 15) is 22.0 Å². The van der Waals surface area contributed by atoms with E-state index in [1.807, 2.05) is 0 Å². The summed E-state index contributed by atoms with van der Waals surface area (Å²) in [7, 11) is 0. The fourth-order valence-corrected chi connectivity index (χ4v) is 3.24. The molecule has 3 aromatic carbocycles. The van der Waals surface area contributed by atoms with Crippen molar-refractivity contribution in [3.8, 4) is 28.7 Å². The maximum absolute atomic E-state index is 14.3. The van der Waals surface area contributed by atoms with E-state index in [1.54, 1.807) is 48.5 Å². The summed E-state index contributed by atoms with van der Waals surface area (Å²) in [6.07, 6.45) is -1.31. The second kappa shape index (κ2) is 11.8. The van der Waals surface area contributed by atoms with E-state index in [-0.39, 0.29) is 51.1 Å². The molecule has 192 valence electrons. The molecule has 0 aromatic heterocycles. The molecule has 3 aromatic rings.